The fraction of sp³-hybridized carbons (Fsp3) is 0.828. The second-order valence-corrected chi connectivity index (χ2v) is 22.7. The number of phosphoric ester groups is 1. The molecule has 0 saturated heterocycles. The lowest BCUT2D eigenvalue weighted by Gasteiger charge is -2.21. The van der Waals surface area contributed by atoms with Crippen LogP contribution in [0.3, 0.4) is 0 Å². The van der Waals surface area contributed by atoms with Crippen molar-refractivity contribution in [2.24, 2.45) is 0 Å². The van der Waals surface area contributed by atoms with Gasteiger partial charge in [-0.3, -0.25) is 23.4 Å². The van der Waals surface area contributed by atoms with Gasteiger partial charge >= 0.3 is 25.7 Å². The topological polar surface area (TPSA) is 155 Å². The number of ether oxygens (including phenoxy) is 3. The number of phosphoric acid groups is 1. The lowest BCUT2D eigenvalue weighted by Crippen LogP contribution is -2.30. The average Bonchev–Trinajstić information content (AvgIpc) is 3.41. The fourth-order valence-electron chi connectivity index (χ4n) is 9.00. The molecule has 0 rings (SSSR count). The molecule has 0 aliphatic heterocycles. The van der Waals surface area contributed by atoms with Crippen LogP contribution in [0.15, 0.2) is 48.6 Å². The van der Waals surface area contributed by atoms with Gasteiger partial charge in [-0.25, -0.2) is 4.57 Å². The summed E-state index contributed by atoms with van der Waals surface area (Å²) >= 11 is 0. The number of hydrogen-bond acceptors (Lipinski definition) is 10. The largest absolute Gasteiger partial charge is 0.472 e. The first-order valence-corrected chi connectivity index (χ1v) is 33.0. The molecular weight excluding hydrogens is 976 g/mol. The average molecular weight is 1090 g/mol. The number of esters is 3. The van der Waals surface area contributed by atoms with Gasteiger partial charge < -0.3 is 24.2 Å². The summed E-state index contributed by atoms with van der Waals surface area (Å²) in [4.78, 5) is 48.7. The third-order valence-corrected chi connectivity index (χ3v) is 14.7. The van der Waals surface area contributed by atoms with E-state index in [1.54, 1.807) is 0 Å². The molecule has 12 heteroatoms. The Morgan fingerprint density at radius 2 is 0.684 bits per heavy atom. The van der Waals surface area contributed by atoms with E-state index >= 15 is 0 Å². The van der Waals surface area contributed by atoms with E-state index in [-0.39, 0.29) is 25.9 Å². The molecule has 0 aliphatic rings. The van der Waals surface area contributed by atoms with E-state index in [0.717, 1.165) is 89.9 Å². The van der Waals surface area contributed by atoms with Crippen LogP contribution in [-0.2, 0) is 42.2 Å². The molecule has 0 heterocycles. The van der Waals surface area contributed by atoms with Crippen LogP contribution in [0.25, 0.3) is 0 Å². The quantitative estimate of drug-likeness (QED) is 0.0197. The van der Waals surface area contributed by atoms with Crippen molar-refractivity contribution in [1.82, 2.24) is 0 Å². The smallest absolute Gasteiger partial charge is 0.462 e. The van der Waals surface area contributed by atoms with Crippen LogP contribution in [0.1, 0.15) is 303 Å². The van der Waals surface area contributed by atoms with Crippen molar-refractivity contribution in [3.63, 3.8) is 0 Å². The highest BCUT2D eigenvalue weighted by Gasteiger charge is 2.28. The standard InChI is InChI=1S/C64H117O11P/c1-4-7-10-13-16-19-22-25-27-29-30-32-33-36-38-41-44-47-50-53-62(66)71-57-61(75-64(68)55-52-49-46-43-40-37-34-31-28-26-23-20-17-14-11-8-5-2)59-73-76(69,70)72-58-60(56-65)74-63(67)54-51-48-45-42-39-35-24-21-18-15-12-9-6-3/h8,11,17,20,26,28,34,37,60-61,65H,4-7,9-10,12-16,18-19,21-25,27,29-33,35-36,38-59H2,1-3H3,(H,69,70)/b11-8-,20-17-,28-26-,37-34-. The van der Waals surface area contributed by atoms with Crippen LogP contribution in [0.2, 0.25) is 0 Å². The highest BCUT2D eigenvalue weighted by atomic mass is 31.2. The van der Waals surface area contributed by atoms with Crippen LogP contribution in [0.4, 0.5) is 0 Å². The van der Waals surface area contributed by atoms with Gasteiger partial charge in [-0.05, 0) is 57.8 Å². The first-order valence-electron chi connectivity index (χ1n) is 31.5. The maximum atomic E-state index is 12.9. The van der Waals surface area contributed by atoms with E-state index in [1.807, 2.05) is 0 Å². The van der Waals surface area contributed by atoms with Crippen molar-refractivity contribution < 1.29 is 52.2 Å². The molecule has 0 bridgehead atoms. The van der Waals surface area contributed by atoms with Crippen LogP contribution >= 0.6 is 7.82 Å². The van der Waals surface area contributed by atoms with E-state index in [0.29, 0.717) is 19.3 Å². The molecule has 0 amide bonds. The maximum absolute atomic E-state index is 12.9. The van der Waals surface area contributed by atoms with Gasteiger partial charge in [0, 0.05) is 19.3 Å². The van der Waals surface area contributed by atoms with Gasteiger partial charge in [0.2, 0.25) is 0 Å². The summed E-state index contributed by atoms with van der Waals surface area (Å²) in [6.45, 7) is 4.56. The van der Waals surface area contributed by atoms with Crippen molar-refractivity contribution in [3.05, 3.63) is 48.6 Å². The van der Waals surface area contributed by atoms with Crippen molar-refractivity contribution in [1.29, 1.82) is 0 Å². The number of unbranched alkanes of at least 4 members (excludes halogenated alkanes) is 34. The molecule has 2 N–H and O–H groups in total. The SMILES string of the molecule is CC/C=C\C/C=C\C/C=C\C/C=C\CCCCCCC(=O)OC(COC(=O)CCCCCCCCCCCCCCCCCCCCC)COP(=O)(O)OCC(CO)OC(=O)CCCCCCCCCCCCCCC. The number of allylic oxidation sites excluding steroid dienone is 8. The molecule has 0 aliphatic carbocycles. The van der Waals surface area contributed by atoms with Crippen LogP contribution < -0.4 is 0 Å². The van der Waals surface area contributed by atoms with E-state index in [1.165, 1.54) is 154 Å². The van der Waals surface area contributed by atoms with Crippen LogP contribution in [-0.4, -0.2) is 66.5 Å². The first kappa shape index (κ1) is 73.4. The molecule has 76 heavy (non-hydrogen) atoms. The van der Waals surface area contributed by atoms with Crippen molar-refractivity contribution in [2.45, 2.75) is 315 Å². The van der Waals surface area contributed by atoms with E-state index in [4.69, 9.17) is 23.3 Å². The monoisotopic (exact) mass is 1090 g/mol. The predicted octanol–water partition coefficient (Wildman–Crippen LogP) is 18.9. The summed E-state index contributed by atoms with van der Waals surface area (Å²) in [5.41, 5.74) is 0. The van der Waals surface area contributed by atoms with Gasteiger partial charge in [-0.15, -0.1) is 0 Å². The zero-order valence-corrected chi connectivity index (χ0v) is 50.1. The molecule has 444 valence electrons. The Morgan fingerprint density at radius 1 is 0.382 bits per heavy atom. The van der Waals surface area contributed by atoms with Crippen LogP contribution in [0.5, 0.6) is 0 Å². The molecular formula is C64H117O11P. The number of rotatable bonds is 59. The van der Waals surface area contributed by atoms with Crippen LogP contribution in [0, 0.1) is 0 Å². The normalized spacial score (nSPS) is 13.6. The minimum absolute atomic E-state index is 0.143. The number of aliphatic hydroxyl groups excluding tert-OH is 1. The number of aliphatic hydroxyl groups is 1. The van der Waals surface area contributed by atoms with Gasteiger partial charge in [-0.2, -0.15) is 0 Å². The summed E-state index contributed by atoms with van der Waals surface area (Å²) < 4.78 is 39.6. The molecule has 0 aromatic carbocycles. The molecule has 3 unspecified atom stereocenters. The molecule has 0 fully saturated rings. The first-order chi connectivity index (χ1) is 37.2. The van der Waals surface area contributed by atoms with Crippen molar-refractivity contribution in [3.8, 4) is 0 Å². The van der Waals surface area contributed by atoms with Gasteiger partial charge in [0.15, 0.2) is 6.10 Å². The Kier molecular flexibility index (Phi) is 56.6. The second kappa shape index (κ2) is 58.6. The van der Waals surface area contributed by atoms with E-state index in [2.05, 4.69) is 69.4 Å². The summed E-state index contributed by atoms with van der Waals surface area (Å²) in [5.74, 6) is -1.47. The zero-order chi connectivity index (χ0) is 55.5. The number of carbonyl (C=O) groups is 3. The molecule has 0 radical (unpaired) electrons. The lowest BCUT2D eigenvalue weighted by atomic mass is 10.0. The van der Waals surface area contributed by atoms with E-state index < -0.39 is 57.8 Å². The summed E-state index contributed by atoms with van der Waals surface area (Å²) in [5, 5.41) is 9.83. The Hall–Kier alpha value is -2.56. The molecule has 0 aromatic rings. The second-order valence-electron chi connectivity index (χ2n) is 21.2. The predicted molar refractivity (Wildman–Crippen MR) is 316 cm³/mol. The summed E-state index contributed by atoms with van der Waals surface area (Å²) in [6.07, 6.45) is 63.5. The summed E-state index contributed by atoms with van der Waals surface area (Å²) in [7, 11) is -4.75. The lowest BCUT2D eigenvalue weighted by molar-refractivity contribution is -0.161. The fourth-order valence-corrected chi connectivity index (χ4v) is 9.78. The van der Waals surface area contributed by atoms with Gasteiger partial charge in [0.1, 0.15) is 12.7 Å². The van der Waals surface area contributed by atoms with E-state index in [9.17, 15) is 28.9 Å². The number of hydrogen-bond donors (Lipinski definition) is 2. The Morgan fingerprint density at radius 3 is 1.05 bits per heavy atom. The minimum atomic E-state index is -4.75. The minimum Gasteiger partial charge on any atom is -0.462 e. The number of carbonyl (C=O) groups excluding carboxylic acids is 3. The van der Waals surface area contributed by atoms with Gasteiger partial charge in [-0.1, -0.05) is 275 Å². The third kappa shape index (κ3) is 56.2. The molecule has 3 atom stereocenters. The molecule has 0 saturated carbocycles. The third-order valence-electron chi connectivity index (χ3n) is 13.8. The highest BCUT2D eigenvalue weighted by molar-refractivity contribution is 7.47. The molecule has 0 aromatic heterocycles. The highest BCUT2D eigenvalue weighted by Crippen LogP contribution is 2.43. The molecule has 11 nitrogen and oxygen atoms in total. The Balaban J connectivity index is 4.70. The summed E-state index contributed by atoms with van der Waals surface area (Å²) in [6, 6.07) is 0. The van der Waals surface area contributed by atoms with Gasteiger partial charge in [0.25, 0.3) is 0 Å². The van der Waals surface area contributed by atoms with Gasteiger partial charge in [0.05, 0.1) is 19.8 Å². The Labute approximate surface area is 466 Å². The molecule has 0 spiro atoms. The Bertz CT molecular complexity index is 1460. The van der Waals surface area contributed by atoms with Crippen molar-refractivity contribution >= 4 is 25.7 Å². The van der Waals surface area contributed by atoms with Crippen molar-refractivity contribution in [2.75, 3.05) is 26.4 Å². The maximum Gasteiger partial charge on any atom is 0.472 e. The zero-order valence-electron chi connectivity index (χ0n) is 49.2.